The van der Waals surface area contributed by atoms with Gasteiger partial charge in [0.15, 0.2) is 0 Å². The van der Waals surface area contributed by atoms with Crippen molar-refractivity contribution in [3.05, 3.63) is 0 Å². The molecule has 0 saturated carbocycles. The van der Waals surface area contributed by atoms with Gasteiger partial charge in [-0.1, -0.05) is 13.8 Å². The van der Waals surface area contributed by atoms with Crippen LogP contribution in [-0.2, 0) is 0 Å². The van der Waals surface area contributed by atoms with Gasteiger partial charge in [0.25, 0.3) is 0 Å². The maximum Gasteiger partial charge on any atom is 0.0271 e. The predicted molar refractivity (Wildman–Crippen MR) is 64.7 cm³/mol. The van der Waals surface area contributed by atoms with Crippen LogP contribution in [0.5, 0.6) is 0 Å². The molecule has 0 heterocycles. The van der Waals surface area contributed by atoms with Gasteiger partial charge in [-0.25, -0.2) is 0 Å². The lowest BCUT2D eigenvalue weighted by Gasteiger charge is -2.34. The van der Waals surface area contributed by atoms with E-state index in [0.717, 1.165) is 12.5 Å². The first kappa shape index (κ1) is 13.9. The Kier molecular flexibility index (Phi) is 5.68. The first-order chi connectivity index (χ1) is 6.25. The molecule has 0 radical (unpaired) electrons. The predicted octanol–water partition coefficient (Wildman–Crippen LogP) is 2.35. The first-order valence-corrected chi connectivity index (χ1v) is 5.66. The Morgan fingerprint density at radius 1 is 1.14 bits per heavy atom. The Bertz CT molecular complexity index is 150. The van der Waals surface area contributed by atoms with Gasteiger partial charge in [0.1, 0.15) is 0 Å². The summed E-state index contributed by atoms with van der Waals surface area (Å²) in [5, 5.41) is 3.59. The van der Waals surface area contributed by atoms with Crippen LogP contribution in [0.15, 0.2) is 0 Å². The fourth-order valence-corrected chi connectivity index (χ4v) is 1.37. The number of hydrogen-bond acceptors (Lipinski definition) is 2. The molecule has 0 bridgehead atoms. The fraction of sp³-hybridized carbons (Fsp3) is 1.00. The lowest BCUT2D eigenvalue weighted by atomic mass is 10.0. The zero-order chi connectivity index (χ0) is 11.4. The average molecular weight is 200 g/mol. The number of nitrogens with zero attached hydrogens (tertiary/aromatic N) is 1. The number of hydrogen-bond donors (Lipinski definition) is 1. The summed E-state index contributed by atoms with van der Waals surface area (Å²) in [5.41, 5.74) is 0.241. The van der Waals surface area contributed by atoms with Gasteiger partial charge >= 0.3 is 0 Å². The third-order valence-electron chi connectivity index (χ3n) is 2.92. The summed E-state index contributed by atoms with van der Waals surface area (Å²) in [7, 11) is 4.27. The van der Waals surface area contributed by atoms with E-state index in [4.69, 9.17) is 0 Å². The molecule has 0 rings (SSSR count). The molecule has 0 aromatic heterocycles. The third-order valence-corrected chi connectivity index (χ3v) is 2.92. The second-order valence-electron chi connectivity index (χ2n) is 5.62. The minimum atomic E-state index is 0.241. The molecule has 1 unspecified atom stereocenters. The van der Waals surface area contributed by atoms with E-state index in [9.17, 15) is 0 Å². The molecule has 2 heteroatoms. The van der Waals surface area contributed by atoms with Crippen LogP contribution < -0.4 is 5.32 Å². The fourth-order valence-electron chi connectivity index (χ4n) is 1.37. The molecule has 0 amide bonds. The molecule has 0 saturated heterocycles. The molecule has 0 aromatic carbocycles. The summed E-state index contributed by atoms with van der Waals surface area (Å²) >= 11 is 0. The SMILES string of the molecule is CC(C)CC(C)NCC(C)(C)N(C)C. The lowest BCUT2D eigenvalue weighted by molar-refractivity contribution is 0.183. The minimum absolute atomic E-state index is 0.241. The molecule has 0 fully saturated rings. The van der Waals surface area contributed by atoms with E-state index in [2.05, 4.69) is 58.9 Å². The summed E-state index contributed by atoms with van der Waals surface area (Å²) in [4.78, 5) is 2.27. The molecule has 1 N–H and O–H groups in total. The van der Waals surface area contributed by atoms with Gasteiger partial charge < -0.3 is 10.2 Å². The van der Waals surface area contributed by atoms with E-state index in [1.54, 1.807) is 0 Å². The highest BCUT2D eigenvalue weighted by Gasteiger charge is 2.20. The molecular weight excluding hydrogens is 172 g/mol. The maximum atomic E-state index is 3.59. The molecule has 0 aliphatic carbocycles. The molecule has 0 aromatic rings. The van der Waals surface area contributed by atoms with E-state index in [1.807, 2.05) is 0 Å². The van der Waals surface area contributed by atoms with Crippen LogP contribution in [0.2, 0.25) is 0 Å². The van der Waals surface area contributed by atoms with Crippen molar-refractivity contribution in [3.63, 3.8) is 0 Å². The highest BCUT2D eigenvalue weighted by atomic mass is 15.2. The monoisotopic (exact) mass is 200 g/mol. The van der Waals surface area contributed by atoms with Crippen LogP contribution >= 0.6 is 0 Å². The van der Waals surface area contributed by atoms with Crippen LogP contribution in [0, 0.1) is 5.92 Å². The van der Waals surface area contributed by atoms with E-state index in [-0.39, 0.29) is 5.54 Å². The van der Waals surface area contributed by atoms with Crippen molar-refractivity contribution in [2.45, 2.75) is 52.6 Å². The summed E-state index contributed by atoms with van der Waals surface area (Å²) in [6.07, 6.45) is 1.25. The topological polar surface area (TPSA) is 15.3 Å². The highest BCUT2D eigenvalue weighted by molar-refractivity contribution is 4.81. The molecule has 1 atom stereocenters. The quantitative estimate of drug-likeness (QED) is 0.708. The van der Waals surface area contributed by atoms with E-state index < -0.39 is 0 Å². The molecule has 0 aliphatic rings. The summed E-state index contributed by atoms with van der Waals surface area (Å²) in [6.45, 7) is 12.4. The van der Waals surface area contributed by atoms with Crippen LogP contribution in [0.3, 0.4) is 0 Å². The Morgan fingerprint density at radius 2 is 1.64 bits per heavy atom. The second-order valence-corrected chi connectivity index (χ2v) is 5.62. The van der Waals surface area contributed by atoms with Gasteiger partial charge in [0, 0.05) is 18.1 Å². The summed E-state index contributed by atoms with van der Waals surface area (Å²) in [6, 6.07) is 0.620. The minimum Gasteiger partial charge on any atom is -0.312 e. The van der Waals surface area contributed by atoms with Crippen LogP contribution in [0.4, 0.5) is 0 Å². The lowest BCUT2D eigenvalue weighted by Crippen LogP contribution is -2.48. The van der Waals surface area contributed by atoms with Gasteiger partial charge in [0.05, 0.1) is 0 Å². The molecule has 86 valence electrons. The highest BCUT2D eigenvalue weighted by Crippen LogP contribution is 2.10. The smallest absolute Gasteiger partial charge is 0.0271 e. The van der Waals surface area contributed by atoms with Crippen molar-refractivity contribution in [1.82, 2.24) is 10.2 Å². The van der Waals surface area contributed by atoms with Gasteiger partial charge in [-0.3, -0.25) is 0 Å². The largest absolute Gasteiger partial charge is 0.312 e. The molecule has 14 heavy (non-hydrogen) atoms. The van der Waals surface area contributed by atoms with Gasteiger partial charge in [-0.05, 0) is 47.2 Å². The Labute approximate surface area is 90.1 Å². The normalized spacial score (nSPS) is 15.2. The third kappa shape index (κ3) is 5.61. The zero-order valence-electron chi connectivity index (χ0n) is 11.0. The molecule has 0 spiro atoms. The number of likely N-dealkylation sites (N-methyl/N-ethyl adjacent to an activating group) is 1. The Morgan fingerprint density at radius 3 is 2.00 bits per heavy atom. The van der Waals surface area contributed by atoms with Crippen molar-refractivity contribution in [1.29, 1.82) is 0 Å². The van der Waals surface area contributed by atoms with Crippen molar-refractivity contribution in [3.8, 4) is 0 Å². The summed E-state index contributed by atoms with van der Waals surface area (Å²) < 4.78 is 0. The molecule has 2 nitrogen and oxygen atoms in total. The van der Waals surface area contributed by atoms with Crippen LogP contribution in [0.25, 0.3) is 0 Å². The van der Waals surface area contributed by atoms with Crippen molar-refractivity contribution >= 4 is 0 Å². The van der Waals surface area contributed by atoms with Gasteiger partial charge in [-0.15, -0.1) is 0 Å². The summed E-state index contributed by atoms with van der Waals surface area (Å²) in [5.74, 6) is 0.778. The number of rotatable bonds is 6. The van der Waals surface area contributed by atoms with E-state index >= 15 is 0 Å². The van der Waals surface area contributed by atoms with Gasteiger partial charge in [-0.2, -0.15) is 0 Å². The molecule has 0 aliphatic heterocycles. The maximum absolute atomic E-state index is 3.59. The van der Waals surface area contributed by atoms with Crippen LogP contribution in [-0.4, -0.2) is 37.1 Å². The molecular formula is C12H28N2. The second kappa shape index (κ2) is 5.72. The number of nitrogens with one attached hydrogen (secondary N) is 1. The van der Waals surface area contributed by atoms with Gasteiger partial charge in [0.2, 0.25) is 0 Å². The Balaban J connectivity index is 3.81. The first-order valence-electron chi connectivity index (χ1n) is 5.66. The zero-order valence-corrected chi connectivity index (χ0v) is 11.0. The van der Waals surface area contributed by atoms with E-state index in [0.29, 0.717) is 6.04 Å². The average Bonchev–Trinajstić information content (AvgIpc) is 1.99. The van der Waals surface area contributed by atoms with Crippen molar-refractivity contribution in [2.75, 3.05) is 20.6 Å². The van der Waals surface area contributed by atoms with E-state index in [1.165, 1.54) is 6.42 Å². The van der Waals surface area contributed by atoms with Crippen LogP contribution in [0.1, 0.15) is 41.0 Å². The Hall–Kier alpha value is -0.0800. The van der Waals surface area contributed by atoms with Crippen molar-refractivity contribution < 1.29 is 0 Å². The standard InChI is InChI=1S/C12H28N2/c1-10(2)8-11(3)13-9-12(4,5)14(6)7/h10-11,13H,8-9H2,1-7H3. The van der Waals surface area contributed by atoms with Crippen molar-refractivity contribution in [2.24, 2.45) is 5.92 Å².